The number of aryl methyl sites for hydroxylation is 2. The summed E-state index contributed by atoms with van der Waals surface area (Å²) in [6, 6.07) is 2.63. The molecule has 1 aliphatic rings. The van der Waals surface area contributed by atoms with Crippen molar-refractivity contribution in [3.8, 4) is 11.5 Å². The van der Waals surface area contributed by atoms with E-state index in [1.165, 1.54) is 69.9 Å². The molecule has 0 saturated carbocycles. The SMILES string of the molecule is Cc1cc(OS(=O)(=O)C(F)(F)F)cc2c1O[C@](C)(CCCCCCCCCCCC(C)C)CC2. The van der Waals surface area contributed by atoms with Gasteiger partial charge in [-0.2, -0.15) is 21.6 Å². The maximum absolute atomic E-state index is 12.6. The summed E-state index contributed by atoms with van der Waals surface area (Å²) in [7, 11) is -5.69. The molecule has 0 amide bonds. The lowest BCUT2D eigenvalue weighted by Crippen LogP contribution is -2.36. The van der Waals surface area contributed by atoms with Crippen molar-refractivity contribution < 1.29 is 30.5 Å². The van der Waals surface area contributed by atoms with Gasteiger partial charge in [-0.25, -0.2) is 0 Å². The molecule has 1 heterocycles. The van der Waals surface area contributed by atoms with Crippen LogP contribution in [-0.4, -0.2) is 19.5 Å². The highest BCUT2D eigenvalue weighted by Gasteiger charge is 2.48. The van der Waals surface area contributed by atoms with Gasteiger partial charge in [-0.05, 0) is 68.7 Å². The Labute approximate surface area is 203 Å². The predicted octanol–water partition coefficient (Wildman–Crippen LogP) is 8.25. The van der Waals surface area contributed by atoms with Gasteiger partial charge >= 0.3 is 15.6 Å². The van der Waals surface area contributed by atoms with Crippen molar-refractivity contribution in [2.45, 2.75) is 122 Å². The number of ether oxygens (including phenoxy) is 1. The molecular weight excluding hydrogens is 465 g/mol. The average Bonchev–Trinajstić information content (AvgIpc) is 2.71. The van der Waals surface area contributed by atoms with Gasteiger partial charge < -0.3 is 8.92 Å². The van der Waals surface area contributed by atoms with Gasteiger partial charge in [0.1, 0.15) is 17.1 Å². The molecule has 0 radical (unpaired) electrons. The Bertz CT molecular complexity index is 881. The molecule has 0 aromatic heterocycles. The van der Waals surface area contributed by atoms with Crippen LogP contribution in [0.3, 0.4) is 0 Å². The van der Waals surface area contributed by atoms with Gasteiger partial charge in [0.2, 0.25) is 0 Å². The molecule has 8 heteroatoms. The van der Waals surface area contributed by atoms with Crippen LogP contribution in [-0.2, 0) is 16.5 Å². The molecule has 0 saturated heterocycles. The zero-order chi connectivity index (χ0) is 25.4. The monoisotopic (exact) mass is 506 g/mol. The smallest absolute Gasteiger partial charge is 0.487 e. The quantitative estimate of drug-likeness (QED) is 0.145. The second-order valence-electron chi connectivity index (χ2n) is 10.4. The fourth-order valence-electron chi connectivity index (χ4n) is 4.53. The van der Waals surface area contributed by atoms with E-state index in [-0.39, 0.29) is 11.4 Å². The Morgan fingerprint density at radius 3 is 2.12 bits per heavy atom. The molecule has 0 aliphatic carbocycles. The first-order valence-corrected chi connectivity index (χ1v) is 14.1. The van der Waals surface area contributed by atoms with Crippen LogP contribution >= 0.6 is 0 Å². The first-order chi connectivity index (χ1) is 15.8. The van der Waals surface area contributed by atoms with Gasteiger partial charge in [-0.15, -0.1) is 0 Å². The average molecular weight is 507 g/mol. The first kappa shape index (κ1) is 28.8. The Kier molecular flexibility index (Phi) is 10.6. The van der Waals surface area contributed by atoms with Crippen LogP contribution in [0.5, 0.6) is 11.5 Å². The molecule has 2 rings (SSSR count). The number of alkyl halides is 3. The maximum atomic E-state index is 12.6. The third kappa shape index (κ3) is 8.97. The first-order valence-electron chi connectivity index (χ1n) is 12.7. The Morgan fingerprint density at radius 2 is 1.56 bits per heavy atom. The molecule has 1 aromatic rings. The third-order valence-electron chi connectivity index (χ3n) is 6.57. The maximum Gasteiger partial charge on any atom is 0.534 e. The molecule has 1 aliphatic heterocycles. The predicted molar refractivity (Wildman–Crippen MR) is 130 cm³/mol. The van der Waals surface area contributed by atoms with Crippen LogP contribution in [0.25, 0.3) is 0 Å². The normalized spacial score (nSPS) is 18.6. The van der Waals surface area contributed by atoms with Crippen molar-refractivity contribution in [2.75, 3.05) is 0 Å². The molecule has 34 heavy (non-hydrogen) atoms. The van der Waals surface area contributed by atoms with Gasteiger partial charge in [-0.3, -0.25) is 0 Å². The van der Waals surface area contributed by atoms with Gasteiger partial charge in [0, 0.05) is 0 Å². The minimum atomic E-state index is -5.69. The van der Waals surface area contributed by atoms with Crippen molar-refractivity contribution >= 4 is 10.1 Å². The summed E-state index contributed by atoms with van der Waals surface area (Å²) in [5, 5.41) is 0. The van der Waals surface area contributed by atoms with E-state index in [0.29, 0.717) is 23.3 Å². The number of benzene rings is 1. The number of fused-ring (bicyclic) bond motifs is 1. The van der Waals surface area contributed by atoms with E-state index in [9.17, 15) is 21.6 Å². The fourth-order valence-corrected chi connectivity index (χ4v) is 4.97. The third-order valence-corrected chi connectivity index (χ3v) is 7.55. The summed E-state index contributed by atoms with van der Waals surface area (Å²) in [5.74, 6) is 1.10. The summed E-state index contributed by atoms with van der Waals surface area (Å²) in [6.07, 6.45) is 15.0. The van der Waals surface area contributed by atoms with Crippen molar-refractivity contribution in [2.24, 2.45) is 5.92 Å². The molecule has 1 aromatic carbocycles. The minimum absolute atomic E-state index is 0.325. The van der Waals surface area contributed by atoms with Gasteiger partial charge in [0.15, 0.2) is 0 Å². The lowest BCUT2D eigenvalue weighted by molar-refractivity contribution is -0.0500. The van der Waals surface area contributed by atoms with Gasteiger partial charge in [0.05, 0.1) is 0 Å². The molecule has 0 bridgehead atoms. The number of unbranched alkanes of at least 4 members (excludes halogenated alkanes) is 8. The second-order valence-corrected chi connectivity index (χ2v) is 11.9. The van der Waals surface area contributed by atoms with Crippen LogP contribution in [0.2, 0.25) is 0 Å². The van der Waals surface area contributed by atoms with E-state index in [0.717, 1.165) is 25.2 Å². The standard InChI is InChI=1S/C26H41F3O4S/c1-20(2)14-12-10-8-6-5-7-9-11-13-16-25(4)17-15-22-19-23(18-21(3)24(22)32-25)33-34(30,31)26(27,28)29/h18-20H,5-17H2,1-4H3/t25-/m1/s1. The topological polar surface area (TPSA) is 52.6 Å². The molecular formula is C26H41F3O4S. The number of halogens is 3. The highest BCUT2D eigenvalue weighted by Crippen LogP contribution is 2.41. The molecule has 1 atom stereocenters. The van der Waals surface area contributed by atoms with E-state index >= 15 is 0 Å². The Hall–Kier alpha value is -1.44. The number of hydrogen-bond donors (Lipinski definition) is 0. The van der Waals surface area contributed by atoms with Crippen LogP contribution in [0.1, 0.15) is 109 Å². The fraction of sp³-hybridized carbons (Fsp3) is 0.769. The second kappa shape index (κ2) is 12.5. The van der Waals surface area contributed by atoms with E-state index < -0.39 is 15.6 Å². The van der Waals surface area contributed by atoms with E-state index in [2.05, 4.69) is 25.0 Å². The molecule has 0 spiro atoms. The van der Waals surface area contributed by atoms with Crippen LogP contribution < -0.4 is 8.92 Å². The summed E-state index contributed by atoms with van der Waals surface area (Å²) >= 11 is 0. The highest BCUT2D eigenvalue weighted by atomic mass is 32.2. The number of rotatable bonds is 14. The summed E-state index contributed by atoms with van der Waals surface area (Å²) in [4.78, 5) is 0. The summed E-state index contributed by atoms with van der Waals surface area (Å²) in [5.41, 5.74) is -4.53. The Balaban J connectivity index is 1.75. The number of hydrogen-bond acceptors (Lipinski definition) is 4. The molecule has 0 N–H and O–H groups in total. The van der Waals surface area contributed by atoms with Crippen molar-refractivity contribution in [3.63, 3.8) is 0 Å². The van der Waals surface area contributed by atoms with Gasteiger partial charge in [0.25, 0.3) is 0 Å². The van der Waals surface area contributed by atoms with Gasteiger partial charge in [-0.1, -0.05) is 71.6 Å². The van der Waals surface area contributed by atoms with Crippen LogP contribution in [0.4, 0.5) is 13.2 Å². The lowest BCUT2D eigenvalue weighted by atomic mass is 9.87. The van der Waals surface area contributed by atoms with Crippen molar-refractivity contribution in [3.05, 3.63) is 23.3 Å². The molecule has 0 unspecified atom stereocenters. The van der Waals surface area contributed by atoms with Crippen LogP contribution in [0, 0.1) is 12.8 Å². The molecule has 0 fully saturated rings. The van der Waals surface area contributed by atoms with E-state index in [1.54, 1.807) is 6.92 Å². The largest absolute Gasteiger partial charge is 0.534 e. The van der Waals surface area contributed by atoms with Crippen molar-refractivity contribution in [1.29, 1.82) is 0 Å². The lowest BCUT2D eigenvalue weighted by Gasteiger charge is -2.37. The summed E-state index contributed by atoms with van der Waals surface area (Å²) in [6.45, 7) is 8.33. The summed E-state index contributed by atoms with van der Waals surface area (Å²) < 4.78 is 71.1. The zero-order valence-electron chi connectivity index (χ0n) is 21.1. The highest BCUT2D eigenvalue weighted by molar-refractivity contribution is 7.88. The zero-order valence-corrected chi connectivity index (χ0v) is 21.9. The van der Waals surface area contributed by atoms with E-state index in [1.807, 2.05) is 0 Å². The van der Waals surface area contributed by atoms with Crippen LogP contribution in [0.15, 0.2) is 12.1 Å². The Morgan fingerprint density at radius 1 is 1.00 bits per heavy atom. The molecule has 4 nitrogen and oxygen atoms in total. The van der Waals surface area contributed by atoms with Crippen molar-refractivity contribution in [1.82, 2.24) is 0 Å². The minimum Gasteiger partial charge on any atom is -0.487 e. The molecule has 196 valence electrons. The van der Waals surface area contributed by atoms with E-state index in [4.69, 9.17) is 4.74 Å².